The summed E-state index contributed by atoms with van der Waals surface area (Å²) >= 11 is 1.35. The second-order valence-electron chi connectivity index (χ2n) is 7.06. The van der Waals surface area contributed by atoms with Crippen LogP contribution in [0.1, 0.15) is 26.5 Å². The molecule has 0 spiro atoms. The van der Waals surface area contributed by atoms with Gasteiger partial charge in [-0.15, -0.1) is 11.8 Å². The summed E-state index contributed by atoms with van der Waals surface area (Å²) in [5.41, 5.74) is 0.692. The molecule has 2 aromatic heterocycles. The van der Waals surface area contributed by atoms with Crippen molar-refractivity contribution in [2.24, 2.45) is 0 Å². The molecule has 1 amide bonds. The van der Waals surface area contributed by atoms with Gasteiger partial charge in [-0.1, -0.05) is 26.8 Å². The Kier molecular flexibility index (Phi) is 5.60. The molecule has 3 rings (SSSR count). The van der Waals surface area contributed by atoms with Crippen molar-refractivity contribution in [3.8, 4) is 5.82 Å². The molecular weight excluding hydrogens is 363 g/mol. The number of aromatic nitrogens is 3. The molecule has 1 aromatic carbocycles. The van der Waals surface area contributed by atoms with Crippen molar-refractivity contribution in [2.75, 3.05) is 11.1 Å². The molecule has 27 heavy (non-hydrogen) atoms. The zero-order valence-corrected chi connectivity index (χ0v) is 16.3. The Morgan fingerprint density at radius 3 is 2.56 bits per heavy atom. The van der Waals surface area contributed by atoms with Crippen molar-refractivity contribution in [3.63, 3.8) is 0 Å². The number of amides is 1. The zero-order valence-electron chi connectivity index (χ0n) is 15.4. The van der Waals surface area contributed by atoms with E-state index in [1.54, 1.807) is 23.0 Å². The van der Waals surface area contributed by atoms with Crippen LogP contribution in [0.15, 0.2) is 59.6 Å². The third-order valence-electron chi connectivity index (χ3n) is 3.80. The predicted octanol–water partition coefficient (Wildman–Crippen LogP) is 4.43. The highest BCUT2D eigenvalue weighted by Crippen LogP contribution is 2.26. The van der Waals surface area contributed by atoms with Crippen LogP contribution in [0.2, 0.25) is 0 Å². The first-order valence-corrected chi connectivity index (χ1v) is 9.52. The fraction of sp³-hybridized carbons (Fsp3) is 0.250. The fourth-order valence-electron chi connectivity index (χ4n) is 2.35. The molecule has 7 heteroatoms. The molecule has 2 heterocycles. The Morgan fingerprint density at radius 2 is 1.93 bits per heavy atom. The summed E-state index contributed by atoms with van der Waals surface area (Å²) in [7, 11) is 0. The number of hydrogen-bond donors (Lipinski definition) is 1. The summed E-state index contributed by atoms with van der Waals surface area (Å²) < 4.78 is 14.6. The van der Waals surface area contributed by atoms with Gasteiger partial charge >= 0.3 is 0 Å². The zero-order chi connectivity index (χ0) is 19.4. The Morgan fingerprint density at radius 1 is 1.19 bits per heavy atom. The van der Waals surface area contributed by atoms with Gasteiger partial charge < -0.3 is 5.32 Å². The van der Waals surface area contributed by atoms with Crippen molar-refractivity contribution in [1.82, 2.24) is 14.8 Å². The highest BCUT2D eigenvalue weighted by atomic mass is 32.2. The number of halogens is 1. The van der Waals surface area contributed by atoms with E-state index >= 15 is 0 Å². The summed E-state index contributed by atoms with van der Waals surface area (Å²) in [6, 6.07) is 13.5. The molecule has 0 saturated carbocycles. The Bertz CT molecular complexity index is 917. The number of nitrogens with zero attached hydrogens (tertiary/aromatic N) is 3. The van der Waals surface area contributed by atoms with Crippen LogP contribution in [0.25, 0.3) is 5.82 Å². The number of rotatable bonds is 5. The molecule has 0 fully saturated rings. The first kappa shape index (κ1) is 19.1. The number of hydrogen-bond acceptors (Lipinski definition) is 4. The number of thioether (sulfide) groups is 1. The smallest absolute Gasteiger partial charge is 0.235 e. The molecule has 0 atom stereocenters. The van der Waals surface area contributed by atoms with Gasteiger partial charge in [0.15, 0.2) is 5.82 Å². The Hall–Kier alpha value is -2.67. The second kappa shape index (κ2) is 7.92. The van der Waals surface area contributed by atoms with Crippen LogP contribution in [0, 0.1) is 5.82 Å². The maximum atomic E-state index is 13.0. The minimum absolute atomic E-state index is 0.164. The Labute approximate surface area is 162 Å². The van der Waals surface area contributed by atoms with E-state index in [0.717, 1.165) is 10.6 Å². The van der Waals surface area contributed by atoms with E-state index < -0.39 is 0 Å². The van der Waals surface area contributed by atoms with Crippen LogP contribution in [0.4, 0.5) is 10.2 Å². The molecule has 0 aliphatic carbocycles. The quantitative estimate of drug-likeness (QED) is 0.661. The van der Waals surface area contributed by atoms with Crippen LogP contribution in [0.5, 0.6) is 0 Å². The van der Waals surface area contributed by atoms with Gasteiger partial charge in [-0.2, -0.15) is 9.78 Å². The van der Waals surface area contributed by atoms with Crippen LogP contribution in [-0.4, -0.2) is 26.4 Å². The standard InChI is InChI=1S/C20H21FN4OS/c1-20(2,3)16-12-18(25(24-16)17-6-4-5-11-22-17)23-19(26)13-27-15-9-7-14(21)8-10-15/h4-12H,13H2,1-3H3,(H,23,26). The second-order valence-corrected chi connectivity index (χ2v) is 8.10. The number of nitrogens with one attached hydrogen (secondary N) is 1. The van der Waals surface area contributed by atoms with Gasteiger partial charge in [-0.3, -0.25) is 4.79 Å². The van der Waals surface area contributed by atoms with Gasteiger partial charge in [0.05, 0.1) is 11.4 Å². The largest absolute Gasteiger partial charge is 0.310 e. The highest BCUT2D eigenvalue weighted by Gasteiger charge is 2.21. The van der Waals surface area contributed by atoms with Gasteiger partial charge in [0, 0.05) is 22.6 Å². The first-order valence-electron chi connectivity index (χ1n) is 8.53. The highest BCUT2D eigenvalue weighted by molar-refractivity contribution is 8.00. The minimum Gasteiger partial charge on any atom is -0.310 e. The van der Waals surface area contributed by atoms with Crippen LogP contribution < -0.4 is 5.32 Å². The third-order valence-corrected chi connectivity index (χ3v) is 4.81. The van der Waals surface area contributed by atoms with Crippen LogP contribution >= 0.6 is 11.8 Å². The van der Waals surface area contributed by atoms with Crippen LogP contribution in [0.3, 0.4) is 0 Å². The average molecular weight is 384 g/mol. The molecular formula is C20H21FN4OS. The molecule has 0 bridgehead atoms. The van der Waals surface area contributed by atoms with Gasteiger partial charge in [-0.05, 0) is 36.4 Å². The third kappa shape index (κ3) is 4.95. The lowest BCUT2D eigenvalue weighted by Gasteiger charge is -2.13. The van der Waals surface area contributed by atoms with Crippen molar-refractivity contribution >= 4 is 23.5 Å². The van der Waals surface area contributed by atoms with Gasteiger partial charge in [0.25, 0.3) is 0 Å². The summed E-state index contributed by atoms with van der Waals surface area (Å²) in [6.07, 6.45) is 1.68. The molecule has 0 saturated heterocycles. The normalized spacial score (nSPS) is 11.4. The van der Waals surface area contributed by atoms with E-state index in [0.29, 0.717) is 11.6 Å². The lowest BCUT2D eigenvalue weighted by atomic mass is 9.92. The van der Waals surface area contributed by atoms with E-state index in [1.165, 1.54) is 23.9 Å². The maximum Gasteiger partial charge on any atom is 0.235 e. The van der Waals surface area contributed by atoms with Crippen molar-refractivity contribution in [2.45, 2.75) is 31.1 Å². The number of anilines is 1. The summed E-state index contributed by atoms with van der Waals surface area (Å²) in [6.45, 7) is 6.19. The monoisotopic (exact) mass is 384 g/mol. The molecule has 0 aliphatic rings. The van der Waals surface area contributed by atoms with Gasteiger partial charge in [0.1, 0.15) is 11.6 Å². The minimum atomic E-state index is -0.294. The van der Waals surface area contributed by atoms with E-state index in [2.05, 4.69) is 36.2 Å². The van der Waals surface area contributed by atoms with E-state index in [1.807, 2.05) is 24.3 Å². The maximum absolute atomic E-state index is 13.0. The van der Waals surface area contributed by atoms with E-state index in [9.17, 15) is 9.18 Å². The molecule has 5 nitrogen and oxygen atoms in total. The SMILES string of the molecule is CC(C)(C)c1cc(NC(=O)CSc2ccc(F)cc2)n(-c2ccccn2)n1. The van der Waals surface area contributed by atoms with Gasteiger partial charge in [-0.25, -0.2) is 9.37 Å². The lowest BCUT2D eigenvalue weighted by Crippen LogP contribution is -2.17. The van der Waals surface area contributed by atoms with E-state index in [4.69, 9.17) is 0 Å². The molecule has 1 N–H and O–H groups in total. The van der Waals surface area contributed by atoms with Crippen LogP contribution in [-0.2, 0) is 10.2 Å². The summed E-state index contributed by atoms with van der Waals surface area (Å²) in [5.74, 6) is 0.960. The lowest BCUT2D eigenvalue weighted by molar-refractivity contribution is -0.113. The summed E-state index contributed by atoms with van der Waals surface area (Å²) in [4.78, 5) is 17.6. The van der Waals surface area contributed by atoms with Crippen molar-refractivity contribution in [1.29, 1.82) is 0 Å². The molecule has 0 unspecified atom stereocenters. The number of benzene rings is 1. The molecule has 3 aromatic rings. The predicted molar refractivity (Wildman–Crippen MR) is 106 cm³/mol. The number of carbonyl (C=O) groups excluding carboxylic acids is 1. The topological polar surface area (TPSA) is 59.8 Å². The molecule has 0 radical (unpaired) electrons. The number of carbonyl (C=O) groups is 1. The van der Waals surface area contributed by atoms with Crippen molar-refractivity contribution < 1.29 is 9.18 Å². The average Bonchev–Trinajstić information content (AvgIpc) is 3.06. The Balaban J connectivity index is 1.77. The molecule has 140 valence electrons. The van der Waals surface area contributed by atoms with Crippen molar-refractivity contribution in [3.05, 3.63) is 66.2 Å². The summed E-state index contributed by atoms with van der Waals surface area (Å²) in [5, 5.41) is 7.53. The fourth-order valence-corrected chi connectivity index (χ4v) is 3.05. The first-order chi connectivity index (χ1) is 12.8. The van der Waals surface area contributed by atoms with E-state index in [-0.39, 0.29) is 22.9 Å². The molecule has 0 aliphatic heterocycles. The number of pyridine rings is 1. The van der Waals surface area contributed by atoms with Gasteiger partial charge in [0.2, 0.25) is 5.91 Å².